The monoisotopic (exact) mass is 330 g/mol. The average Bonchev–Trinajstić information content (AvgIpc) is 2.70. The third-order valence-corrected chi connectivity index (χ3v) is 3.35. The minimum absolute atomic E-state index is 0.151. The van der Waals surface area contributed by atoms with Crippen LogP contribution in [0.3, 0.4) is 0 Å². The summed E-state index contributed by atoms with van der Waals surface area (Å²) in [5, 5.41) is 1.46. The number of rotatable bonds is 5. The van der Waals surface area contributed by atoms with Crippen LogP contribution in [0.5, 0.6) is 0 Å². The summed E-state index contributed by atoms with van der Waals surface area (Å²) in [6.07, 6.45) is 0.232. The van der Waals surface area contributed by atoms with Crippen molar-refractivity contribution in [3.63, 3.8) is 0 Å². The lowest BCUT2D eigenvalue weighted by atomic mass is 10.2. The molecular formula is C13H12Cl2N2O4. The topological polar surface area (TPSA) is 66.9 Å². The van der Waals surface area contributed by atoms with Crippen LogP contribution in [0.4, 0.5) is 5.69 Å². The van der Waals surface area contributed by atoms with E-state index >= 15 is 0 Å². The van der Waals surface area contributed by atoms with Crippen LogP contribution < -0.4 is 4.90 Å². The summed E-state index contributed by atoms with van der Waals surface area (Å²) < 4.78 is 0. The summed E-state index contributed by atoms with van der Waals surface area (Å²) >= 11 is 11.7. The lowest BCUT2D eigenvalue weighted by molar-refractivity contribution is -0.185. The molecule has 1 saturated heterocycles. The Morgan fingerprint density at radius 1 is 1.33 bits per heavy atom. The van der Waals surface area contributed by atoms with Crippen LogP contribution in [-0.4, -0.2) is 35.9 Å². The number of imide groups is 1. The highest BCUT2D eigenvalue weighted by Gasteiger charge is 2.43. The lowest BCUT2D eigenvalue weighted by Crippen LogP contribution is -2.41. The summed E-state index contributed by atoms with van der Waals surface area (Å²) in [7, 11) is 0. The Hall–Kier alpha value is -1.63. The van der Waals surface area contributed by atoms with Crippen molar-refractivity contribution in [2.24, 2.45) is 0 Å². The molecule has 0 aliphatic carbocycles. The van der Waals surface area contributed by atoms with E-state index in [9.17, 15) is 14.4 Å². The molecule has 1 aliphatic rings. The minimum Gasteiger partial charge on any atom is -0.276 e. The van der Waals surface area contributed by atoms with Gasteiger partial charge >= 0.3 is 0 Å². The van der Waals surface area contributed by atoms with E-state index in [1.165, 1.54) is 18.2 Å². The van der Waals surface area contributed by atoms with Crippen LogP contribution in [0.1, 0.15) is 13.3 Å². The molecule has 1 atom stereocenters. The van der Waals surface area contributed by atoms with E-state index < -0.39 is 17.9 Å². The van der Waals surface area contributed by atoms with Gasteiger partial charge in [0, 0.05) is 10.0 Å². The quantitative estimate of drug-likeness (QED) is 0.470. The predicted octanol–water partition coefficient (Wildman–Crippen LogP) is 2.04. The van der Waals surface area contributed by atoms with Gasteiger partial charge in [-0.2, -0.15) is 0 Å². The molecule has 0 spiro atoms. The Balaban J connectivity index is 2.31. The van der Waals surface area contributed by atoms with E-state index in [2.05, 4.69) is 0 Å². The second kappa shape index (κ2) is 6.43. The number of halogens is 2. The molecule has 1 aromatic carbocycles. The molecule has 0 bridgehead atoms. The van der Waals surface area contributed by atoms with E-state index in [0.29, 0.717) is 16.5 Å². The van der Waals surface area contributed by atoms with Gasteiger partial charge in [-0.3, -0.25) is 19.2 Å². The largest absolute Gasteiger partial charge is 0.276 e. The second-order valence-corrected chi connectivity index (χ2v) is 5.17. The van der Waals surface area contributed by atoms with Crippen LogP contribution in [-0.2, 0) is 19.2 Å². The first kappa shape index (κ1) is 15.8. The van der Waals surface area contributed by atoms with E-state index in [1.807, 2.05) is 0 Å². The number of hydrogen-bond acceptors (Lipinski definition) is 4. The van der Waals surface area contributed by atoms with Gasteiger partial charge in [0.05, 0.1) is 18.7 Å². The smallest absolute Gasteiger partial charge is 0.259 e. The van der Waals surface area contributed by atoms with Crippen molar-refractivity contribution in [3.8, 4) is 0 Å². The van der Waals surface area contributed by atoms with Crippen molar-refractivity contribution >= 4 is 47.1 Å². The molecule has 2 rings (SSSR count). The fourth-order valence-electron chi connectivity index (χ4n) is 2.10. The van der Waals surface area contributed by atoms with Crippen molar-refractivity contribution in [2.75, 3.05) is 11.5 Å². The molecule has 112 valence electrons. The van der Waals surface area contributed by atoms with Crippen LogP contribution in [0, 0.1) is 0 Å². The highest BCUT2D eigenvalue weighted by molar-refractivity contribution is 6.35. The molecule has 6 nitrogen and oxygen atoms in total. The molecule has 0 saturated carbocycles. The highest BCUT2D eigenvalue weighted by atomic mass is 35.5. The molecule has 1 aromatic rings. The third kappa shape index (κ3) is 3.18. The van der Waals surface area contributed by atoms with Gasteiger partial charge in [-0.25, -0.2) is 9.96 Å². The summed E-state index contributed by atoms with van der Waals surface area (Å²) in [6, 6.07) is 3.43. The van der Waals surface area contributed by atoms with Gasteiger partial charge in [0.15, 0.2) is 0 Å². The Morgan fingerprint density at radius 2 is 1.95 bits per heavy atom. The maximum atomic E-state index is 12.4. The number of benzene rings is 1. The maximum Gasteiger partial charge on any atom is 0.259 e. The Kier molecular flexibility index (Phi) is 4.82. The van der Waals surface area contributed by atoms with Crippen molar-refractivity contribution in [2.45, 2.75) is 19.4 Å². The van der Waals surface area contributed by atoms with Gasteiger partial charge in [0.1, 0.15) is 6.04 Å². The van der Waals surface area contributed by atoms with Gasteiger partial charge < -0.3 is 0 Å². The number of anilines is 1. The Bertz CT molecular complexity index is 573. The first-order chi connectivity index (χ1) is 9.97. The number of amides is 3. The van der Waals surface area contributed by atoms with Gasteiger partial charge in [-0.05, 0) is 25.1 Å². The number of hydrogen-bond donors (Lipinski definition) is 0. The molecule has 1 aliphatic heterocycles. The normalized spacial score (nSPS) is 18.2. The molecule has 1 fully saturated rings. The van der Waals surface area contributed by atoms with Gasteiger partial charge in [-0.15, -0.1) is 0 Å². The van der Waals surface area contributed by atoms with Crippen LogP contribution in [0.15, 0.2) is 18.2 Å². The number of carbonyl (C=O) groups excluding carboxylic acids is 3. The molecule has 1 unspecified atom stereocenters. The second-order valence-electron chi connectivity index (χ2n) is 4.30. The van der Waals surface area contributed by atoms with E-state index in [0.717, 1.165) is 9.96 Å². The molecule has 21 heavy (non-hydrogen) atoms. The van der Waals surface area contributed by atoms with Gasteiger partial charge in [0.2, 0.25) is 12.3 Å². The van der Waals surface area contributed by atoms with Crippen LogP contribution in [0.25, 0.3) is 0 Å². The van der Waals surface area contributed by atoms with Crippen LogP contribution in [0.2, 0.25) is 10.0 Å². The zero-order chi connectivity index (χ0) is 15.6. The van der Waals surface area contributed by atoms with E-state index in [-0.39, 0.29) is 18.7 Å². The van der Waals surface area contributed by atoms with Crippen LogP contribution >= 0.6 is 23.2 Å². The summed E-state index contributed by atoms with van der Waals surface area (Å²) in [4.78, 5) is 41.4. The Labute approximate surface area is 131 Å². The average molecular weight is 331 g/mol. The highest BCUT2D eigenvalue weighted by Crippen LogP contribution is 2.30. The van der Waals surface area contributed by atoms with Crippen molar-refractivity contribution in [3.05, 3.63) is 28.2 Å². The van der Waals surface area contributed by atoms with Crippen molar-refractivity contribution in [1.82, 2.24) is 5.06 Å². The zero-order valence-electron chi connectivity index (χ0n) is 11.1. The predicted molar refractivity (Wildman–Crippen MR) is 76.9 cm³/mol. The zero-order valence-corrected chi connectivity index (χ0v) is 12.6. The molecule has 3 amide bonds. The van der Waals surface area contributed by atoms with Gasteiger partial charge in [0.25, 0.3) is 5.91 Å². The van der Waals surface area contributed by atoms with Crippen molar-refractivity contribution < 1.29 is 19.2 Å². The molecular weight excluding hydrogens is 319 g/mol. The fraction of sp³-hybridized carbons (Fsp3) is 0.308. The summed E-state index contributed by atoms with van der Waals surface area (Å²) in [6.45, 7) is 1.88. The van der Waals surface area contributed by atoms with E-state index in [1.54, 1.807) is 6.92 Å². The third-order valence-electron chi connectivity index (χ3n) is 2.92. The summed E-state index contributed by atoms with van der Waals surface area (Å²) in [5.41, 5.74) is 0.271. The van der Waals surface area contributed by atoms with Crippen molar-refractivity contribution in [1.29, 1.82) is 0 Å². The Morgan fingerprint density at radius 3 is 2.48 bits per heavy atom. The fourth-order valence-corrected chi connectivity index (χ4v) is 2.61. The molecule has 0 aromatic heterocycles. The lowest BCUT2D eigenvalue weighted by Gasteiger charge is -2.21. The number of nitrogens with zero attached hydrogens (tertiary/aromatic N) is 2. The van der Waals surface area contributed by atoms with E-state index in [4.69, 9.17) is 28.0 Å². The van der Waals surface area contributed by atoms with Gasteiger partial charge in [-0.1, -0.05) is 23.2 Å². The number of carbonyl (C=O) groups is 3. The first-order valence-corrected chi connectivity index (χ1v) is 6.93. The number of hydroxylamine groups is 2. The molecule has 1 heterocycles. The SMILES string of the molecule is CCON(C=O)C1CC(=O)N(c2cc(Cl)cc(Cl)c2)C1=O. The maximum absolute atomic E-state index is 12.4. The summed E-state index contributed by atoms with van der Waals surface area (Å²) in [5.74, 6) is -1.01. The molecule has 0 N–H and O–H groups in total. The minimum atomic E-state index is -0.979. The first-order valence-electron chi connectivity index (χ1n) is 6.17. The molecule has 0 radical (unpaired) electrons. The molecule has 8 heteroatoms. The standard InChI is InChI=1S/C13H12Cl2N2O4/c1-2-21-16(7-18)11-6-12(19)17(13(11)20)10-4-8(14)3-9(15)5-10/h3-5,7,11H,2,6H2,1H3.